The molecule has 1 atom stereocenters. The maximum Gasteiger partial charge on any atom is 0.256 e. The molecule has 0 spiro atoms. The van der Waals surface area contributed by atoms with E-state index >= 15 is 0 Å². The van der Waals surface area contributed by atoms with Gasteiger partial charge in [0.25, 0.3) is 10.0 Å². The third kappa shape index (κ3) is 4.46. The van der Waals surface area contributed by atoms with Crippen molar-refractivity contribution in [2.24, 2.45) is 0 Å². The third-order valence-electron chi connectivity index (χ3n) is 4.58. The lowest BCUT2D eigenvalue weighted by atomic mass is 10.2. The number of hydrogen-bond acceptors (Lipinski definition) is 10. The van der Waals surface area contributed by atoms with Crippen LogP contribution in [0.4, 0.5) is 17.3 Å². The first-order valence-corrected chi connectivity index (χ1v) is 12.6. The first kappa shape index (κ1) is 22.5. The third-order valence-corrected chi connectivity index (χ3v) is 8.65. The van der Waals surface area contributed by atoms with Crippen LogP contribution in [0.2, 0.25) is 0 Å². The van der Waals surface area contributed by atoms with Gasteiger partial charge in [0.15, 0.2) is 21.6 Å². The van der Waals surface area contributed by atoms with E-state index in [9.17, 15) is 13.5 Å². The Morgan fingerprint density at radius 2 is 1.90 bits per heavy atom. The van der Waals surface area contributed by atoms with E-state index < -0.39 is 10.0 Å². The number of aromatic nitrogens is 2. The van der Waals surface area contributed by atoms with Gasteiger partial charge in [-0.3, -0.25) is 0 Å². The van der Waals surface area contributed by atoms with Crippen LogP contribution in [0.15, 0.2) is 26.1 Å². The molecule has 12 heteroatoms. The van der Waals surface area contributed by atoms with Crippen LogP contribution in [0, 0.1) is 6.92 Å². The second kappa shape index (κ2) is 9.33. The fraction of sp³-hybridized carbons (Fsp3) is 0.444. The van der Waals surface area contributed by atoms with E-state index in [0.29, 0.717) is 24.7 Å². The summed E-state index contributed by atoms with van der Waals surface area (Å²) in [7, 11) is -3.76. The Bertz CT molecular complexity index is 1090. The molecule has 3 N–H and O–H groups in total. The van der Waals surface area contributed by atoms with Crippen LogP contribution in [0.5, 0.6) is 5.75 Å². The lowest BCUT2D eigenvalue weighted by Gasteiger charge is -2.17. The van der Waals surface area contributed by atoms with Crippen molar-refractivity contribution >= 4 is 50.4 Å². The molecule has 0 aliphatic carbocycles. The normalized spacial score (nSPS) is 13.0. The Balaban J connectivity index is 1.82. The highest BCUT2D eigenvalue weighted by Crippen LogP contribution is 2.41. The molecule has 3 heterocycles. The summed E-state index contributed by atoms with van der Waals surface area (Å²) in [6, 6.07) is 3.72. The van der Waals surface area contributed by atoms with Gasteiger partial charge in [0, 0.05) is 18.5 Å². The molecule has 0 saturated carbocycles. The lowest BCUT2D eigenvalue weighted by Crippen LogP contribution is -2.30. The van der Waals surface area contributed by atoms with Gasteiger partial charge in [-0.05, 0) is 25.5 Å². The van der Waals surface area contributed by atoms with E-state index in [1.54, 1.807) is 19.2 Å². The van der Waals surface area contributed by atoms with Crippen molar-refractivity contribution in [3.8, 4) is 5.75 Å². The standard InChI is InChI=1S/C18H25N5O4S3/c1-5-12(14-9-8-11(4)27-14)19-16-17(22-29-21-16)20-13-10-28-18(15(13)24)30(25,26)23(6-2)7-3/h8-10,12,24H,5-7H2,1-4H3,(H,19,21)(H,20,22)/t12-/m1/s1. The van der Waals surface area contributed by atoms with Crippen LogP contribution < -0.4 is 10.6 Å². The van der Waals surface area contributed by atoms with E-state index in [2.05, 4.69) is 19.4 Å². The zero-order valence-corrected chi connectivity index (χ0v) is 19.6. The number of thiophene rings is 1. The number of sulfonamides is 1. The highest BCUT2D eigenvalue weighted by atomic mass is 32.2. The van der Waals surface area contributed by atoms with E-state index in [1.165, 1.54) is 4.31 Å². The minimum Gasteiger partial charge on any atom is -0.504 e. The zero-order chi connectivity index (χ0) is 21.9. The maximum atomic E-state index is 12.7. The summed E-state index contributed by atoms with van der Waals surface area (Å²) in [6.45, 7) is 8.08. The molecule has 3 rings (SSSR count). The Morgan fingerprint density at radius 3 is 2.50 bits per heavy atom. The molecule has 164 valence electrons. The van der Waals surface area contributed by atoms with Crippen LogP contribution in [0.1, 0.15) is 44.8 Å². The van der Waals surface area contributed by atoms with Crippen LogP contribution >= 0.6 is 23.1 Å². The average molecular weight is 472 g/mol. The molecule has 9 nitrogen and oxygen atoms in total. The molecule has 0 radical (unpaired) electrons. The molecule has 0 aromatic carbocycles. The minimum atomic E-state index is -3.76. The van der Waals surface area contributed by atoms with Crippen molar-refractivity contribution in [3.63, 3.8) is 0 Å². The summed E-state index contributed by atoms with van der Waals surface area (Å²) in [4.78, 5) is 0. The molecular formula is C18H25N5O4S3. The first-order valence-electron chi connectivity index (χ1n) is 9.54. The molecule has 0 unspecified atom stereocenters. The molecule has 0 bridgehead atoms. The summed E-state index contributed by atoms with van der Waals surface area (Å²) in [5.41, 5.74) is 0.267. The fourth-order valence-corrected chi connectivity index (χ4v) is 6.27. The molecule has 0 amide bonds. The second-order valence-electron chi connectivity index (χ2n) is 6.51. The van der Waals surface area contributed by atoms with Crippen LogP contribution in [-0.2, 0) is 10.0 Å². The van der Waals surface area contributed by atoms with Crippen molar-refractivity contribution in [2.45, 2.75) is 44.4 Å². The summed E-state index contributed by atoms with van der Waals surface area (Å²) in [5.74, 6) is 2.20. The molecule has 0 fully saturated rings. The van der Waals surface area contributed by atoms with Crippen molar-refractivity contribution in [1.29, 1.82) is 0 Å². The quantitative estimate of drug-likeness (QED) is 0.394. The number of furan rings is 1. The smallest absolute Gasteiger partial charge is 0.256 e. The van der Waals surface area contributed by atoms with E-state index in [-0.39, 0.29) is 21.7 Å². The van der Waals surface area contributed by atoms with Crippen molar-refractivity contribution in [3.05, 3.63) is 29.0 Å². The first-order chi connectivity index (χ1) is 14.3. The van der Waals surface area contributed by atoms with Crippen molar-refractivity contribution < 1.29 is 17.9 Å². The molecular weight excluding hydrogens is 446 g/mol. The van der Waals surface area contributed by atoms with E-state index in [1.807, 2.05) is 26.0 Å². The second-order valence-corrected chi connectivity index (χ2v) is 10.1. The largest absolute Gasteiger partial charge is 0.504 e. The highest BCUT2D eigenvalue weighted by molar-refractivity contribution is 7.91. The predicted molar refractivity (Wildman–Crippen MR) is 119 cm³/mol. The number of rotatable bonds is 10. The Labute approximate surface area is 184 Å². The van der Waals surface area contributed by atoms with Gasteiger partial charge in [0.05, 0.1) is 23.5 Å². The van der Waals surface area contributed by atoms with Crippen molar-refractivity contribution in [2.75, 3.05) is 23.7 Å². The van der Waals surface area contributed by atoms with Gasteiger partial charge < -0.3 is 20.2 Å². The predicted octanol–water partition coefficient (Wildman–Crippen LogP) is 4.54. The molecule has 3 aromatic heterocycles. The van der Waals surface area contributed by atoms with E-state index in [4.69, 9.17) is 4.42 Å². The van der Waals surface area contributed by atoms with Crippen LogP contribution in [-0.4, -0.2) is 39.7 Å². The number of aromatic hydroxyl groups is 1. The topological polar surface area (TPSA) is 121 Å². The summed E-state index contributed by atoms with van der Waals surface area (Å²) in [5, 5.41) is 18.4. The Kier molecular flexibility index (Phi) is 7.01. The molecule has 0 saturated heterocycles. The van der Waals surface area contributed by atoms with Gasteiger partial charge in [-0.25, -0.2) is 8.42 Å². The Morgan fingerprint density at radius 1 is 1.20 bits per heavy atom. The molecule has 0 aliphatic heterocycles. The van der Waals surface area contributed by atoms with Crippen LogP contribution in [0.3, 0.4) is 0 Å². The summed E-state index contributed by atoms with van der Waals surface area (Å²) in [6.07, 6.45) is 0.764. The van der Waals surface area contributed by atoms with Gasteiger partial charge >= 0.3 is 0 Å². The van der Waals surface area contributed by atoms with Gasteiger partial charge in [-0.2, -0.15) is 13.1 Å². The van der Waals surface area contributed by atoms with Gasteiger partial charge in [0.1, 0.15) is 11.5 Å². The number of anilines is 3. The maximum absolute atomic E-state index is 12.7. The number of aryl methyl sites for hydroxylation is 1. The van der Waals surface area contributed by atoms with E-state index in [0.717, 1.165) is 41.0 Å². The fourth-order valence-electron chi connectivity index (χ4n) is 2.96. The number of nitrogens with zero attached hydrogens (tertiary/aromatic N) is 3. The van der Waals surface area contributed by atoms with Gasteiger partial charge in [0.2, 0.25) is 0 Å². The van der Waals surface area contributed by atoms with Gasteiger partial charge in [-0.1, -0.05) is 20.8 Å². The SMILES string of the molecule is CC[C@@H](Nc1nsnc1Nc1csc(S(=O)(=O)N(CC)CC)c1O)c1ccc(C)o1. The van der Waals surface area contributed by atoms with Crippen molar-refractivity contribution in [1.82, 2.24) is 13.1 Å². The lowest BCUT2D eigenvalue weighted by molar-refractivity contribution is 0.434. The summed E-state index contributed by atoms with van der Waals surface area (Å²) >= 11 is 1.97. The Hall–Kier alpha value is -2.15. The highest BCUT2D eigenvalue weighted by Gasteiger charge is 2.29. The monoisotopic (exact) mass is 471 g/mol. The zero-order valence-electron chi connectivity index (χ0n) is 17.2. The minimum absolute atomic E-state index is 0.0936. The molecule has 3 aromatic rings. The van der Waals surface area contributed by atoms with Crippen LogP contribution in [0.25, 0.3) is 0 Å². The molecule has 0 aliphatic rings. The number of hydrogen-bond donors (Lipinski definition) is 3. The average Bonchev–Trinajstić information content (AvgIpc) is 3.42. The van der Waals surface area contributed by atoms with Gasteiger partial charge in [-0.15, -0.1) is 11.3 Å². The molecule has 30 heavy (non-hydrogen) atoms. The summed E-state index contributed by atoms with van der Waals surface area (Å²) < 4.78 is 40.9. The number of nitrogens with one attached hydrogen (secondary N) is 2.